The number of aryl methyl sites for hydroxylation is 1. The third-order valence-corrected chi connectivity index (χ3v) is 5.94. The first kappa shape index (κ1) is 22.7. The molecular weight excluding hydrogens is 434 g/mol. The van der Waals surface area contributed by atoms with Gasteiger partial charge in [0, 0.05) is 42.6 Å². The van der Waals surface area contributed by atoms with Gasteiger partial charge in [0.2, 0.25) is 5.95 Å². The van der Waals surface area contributed by atoms with Crippen molar-refractivity contribution in [2.24, 2.45) is 12.8 Å². The molecule has 0 aliphatic carbocycles. The molecule has 0 saturated carbocycles. The van der Waals surface area contributed by atoms with Gasteiger partial charge in [-0.2, -0.15) is 0 Å². The Morgan fingerprint density at radius 1 is 1.06 bits per heavy atom. The Morgan fingerprint density at radius 3 is 2.55 bits per heavy atom. The summed E-state index contributed by atoms with van der Waals surface area (Å²) in [4.78, 5) is 22.4. The molecule has 0 fully saturated rings. The first-order chi connectivity index (χ1) is 16.0. The minimum atomic E-state index is -0.227. The van der Waals surface area contributed by atoms with Crippen LogP contribution in [0.4, 0.5) is 5.95 Å². The number of pyridine rings is 1. The lowest BCUT2D eigenvalue weighted by molar-refractivity contribution is 0.669. The predicted octanol–water partition coefficient (Wildman–Crippen LogP) is 4.97. The Hall–Kier alpha value is -3.48. The molecular formula is C26H26ClN5O. The SMILES string of the molecule is Cc1cccc(-c2c(-c3ccncc3)nc(NCCC(N)c3ccccc3Cl)n(C)c2=O)c1. The number of halogens is 1. The Bertz CT molecular complexity index is 1320. The van der Waals surface area contributed by atoms with Crippen molar-refractivity contribution in [3.63, 3.8) is 0 Å². The highest BCUT2D eigenvalue weighted by Gasteiger charge is 2.18. The Kier molecular flexibility index (Phi) is 6.87. The monoisotopic (exact) mass is 459 g/mol. The van der Waals surface area contributed by atoms with E-state index < -0.39 is 0 Å². The standard InChI is InChI=1S/C26H26ClN5O/c1-17-6-5-7-19(16-17)23-24(18-10-13-29-14-11-18)31-26(32(2)25(23)33)30-15-12-22(28)20-8-3-4-9-21(20)27/h3-11,13-14,16,22H,12,15,28H2,1-2H3,(H,30,31). The molecule has 2 aromatic carbocycles. The molecule has 4 rings (SSSR count). The van der Waals surface area contributed by atoms with Crippen LogP contribution in [0.25, 0.3) is 22.4 Å². The number of rotatable bonds is 7. The maximum Gasteiger partial charge on any atom is 0.263 e. The van der Waals surface area contributed by atoms with Crippen LogP contribution < -0.4 is 16.6 Å². The van der Waals surface area contributed by atoms with E-state index in [0.717, 1.165) is 22.3 Å². The minimum absolute atomic E-state index is 0.125. The summed E-state index contributed by atoms with van der Waals surface area (Å²) < 4.78 is 1.55. The van der Waals surface area contributed by atoms with Crippen LogP contribution in [0.3, 0.4) is 0 Å². The van der Waals surface area contributed by atoms with Crippen LogP contribution in [0.2, 0.25) is 5.02 Å². The summed E-state index contributed by atoms with van der Waals surface area (Å²) in [6.07, 6.45) is 4.03. The normalized spacial score (nSPS) is 11.9. The summed E-state index contributed by atoms with van der Waals surface area (Å²) in [6, 6.07) is 18.9. The van der Waals surface area contributed by atoms with E-state index in [0.29, 0.717) is 35.2 Å². The van der Waals surface area contributed by atoms with Gasteiger partial charge in [-0.25, -0.2) is 4.98 Å². The molecule has 0 aliphatic heterocycles. The second-order valence-corrected chi connectivity index (χ2v) is 8.38. The molecule has 0 bridgehead atoms. The first-order valence-electron chi connectivity index (χ1n) is 10.8. The van der Waals surface area contributed by atoms with Crippen LogP contribution in [-0.2, 0) is 7.05 Å². The second-order valence-electron chi connectivity index (χ2n) is 7.97. The van der Waals surface area contributed by atoms with E-state index in [4.69, 9.17) is 22.3 Å². The number of nitrogens with zero attached hydrogens (tertiary/aromatic N) is 3. The van der Waals surface area contributed by atoms with Gasteiger partial charge in [0.25, 0.3) is 5.56 Å². The zero-order valence-electron chi connectivity index (χ0n) is 18.6. The molecule has 0 spiro atoms. The number of hydrogen-bond acceptors (Lipinski definition) is 5. The number of nitrogens with two attached hydrogens (primary N) is 1. The van der Waals surface area contributed by atoms with Crippen molar-refractivity contribution in [2.75, 3.05) is 11.9 Å². The maximum absolute atomic E-state index is 13.5. The van der Waals surface area contributed by atoms with Gasteiger partial charge in [-0.15, -0.1) is 0 Å². The van der Waals surface area contributed by atoms with Gasteiger partial charge in [-0.3, -0.25) is 14.3 Å². The molecule has 6 nitrogen and oxygen atoms in total. The highest BCUT2D eigenvalue weighted by Crippen LogP contribution is 2.29. The van der Waals surface area contributed by atoms with Crippen molar-refractivity contribution in [1.82, 2.24) is 14.5 Å². The lowest BCUT2D eigenvalue weighted by atomic mass is 9.99. The first-order valence-corrected chi connectivity index (χ1v) is 11.2. The summed E-state index contributed by atoms with van der Waals surface area (Å²) in [7, 11) is 1.72. The van der Waals surface area contributed by atoms with Crippen LogP contribution in [0.15, 0.2) is 77.9 Å². The van der Waals surface area contributed by atoms with Gasteiger partial charge in [0.1, 0.15) is 0 Å². The maximum atomic E-state index is 13.5. The number of aromatic nitrogens is 3. The average Bonchev–Trinajstić information content (AvgIpc) is 2.82. The molecule has 0 saturated heterocycles. The molecule has 4 aromatic rings. The highest BCUT2D eigenvalue weighted by atomic mass is 35.5. The molecule has 0 aliphatic rings. The fraction of sp³-hybridized carbons (Fsp3) is 0.192. The zero-order valence-corrected chi connectivity index (χ0v) is 19.4. The smallest absolute Gasteiger partial charge is 0.263 e. The van der Waals surface area contributed by atoms with E-state index >= 15 is 0 Å². The third kappa shape index (κ3) is 4.97. The summed E-state index contributed by atoms with van der Waals surface area (Å²) in [5.41, 5.74) is 11.0. The van der Waals surface area contributed by atoms with Crippen LogP contribution in [0, 0.1) is 6.92 Å². The van der Waals surface area contributed by atoms with Crippen molar-refractivity contribution < 1.29 is 0 Å². The topological polar surface area (TPSA) is 85.8 Å². The second kappa shape index (κ2) is 9.98. The zero-order chi connectivity index (χ0) is 23.4. The largest absolute Gasteiger partial charge is 0.355 e. The Morgan fingerprint density at radius 2 is 1.82 bits per heavy atom. The van der Waals surface area contributed by atoms with Crippen LogP contribution >= 0.6 is 11.6 Å². The molecule has 7 heteroatoms. The highest BCUT2D eigenvalue weighted by molar-refractivity contribution is 6.31. The van der Waals surface area contributed by atoms with Crippen molar-refractivity contribution in [1.29, 1.82) is 0 Å². The van der Waals surface area contributed by atoms with E-state index in [1.165, 1.54) is 0 Å². The average molecular weight is 460 g/mol. The number of anilines is 1. The Balaban J connectivity index is 1.68. The van der Waals surface area contributed by atoms with E-state index in [2.05, 4.69) is 10.3 Å². The van der Waals surface area contributed by atoms with Gasteiger partial charge in [-0.1, -0.05) is 59.6 Å². The van der Waals surface area contributed by atoms with Crippen molar-refractivity contribution in [2.45, 2.75) is 19.4 Å². The van der Waals surface area contributed by atoms with Crippen LogP contribution in [-0.4, -0.2) is 21.1 Å². The fourth-order valence-corrected chi connectivity index (χ4v) is 4.09. The fourth-order valence-electron chi connectivity index (χ4n) is 3.81. The molecule has 168 valence electrons. The lowest BCUT2D eigenvalue weighted by Crippen LogP contribution is -2.26. The van der Waals surface area contributed by atoms with Crippen molar-refractivity contribution in [3.8, 4) is 22.4 Å². The number of nitrogens with one attached hydrogen (secondary N) is 1. The van der Waals surface area contributed by atoms with E-state index in [9.17, 15) is 4.79 Å². The third-order valence-electron chi connectivity index (χ3n) is 5.59. The molecule has 0 radical (unpaired) electrons. The molecule has 1 unspecified atom stereocenters. The summed E-state index contributed by atoms with van der Waals surface area (Å²) in [5.74, 6) is 0.481. The molecule has 2 aromatic heterocycles. The number of benzene rings is 2. The number of hydrogen-bond donors (Lipinski definition) is 2. The lowest BCUT2D eigenvalue weighted by Gasteiger charge is -2.18. The van der Waals surface area contributed by atoms with Crippen LogP contribution in [0.5, 0.6) is 0 Å². The minimum Gasteiger partial charge on any atom is -0.355 e. The van der Waals surface area contributed by atoms with Crippen molar-refractivity contribution >= 4 is 17.5 Å². The van der Waals surface area contributed by atoms with E-state index in [-0.39, 0.29) is 11.6 Å². The molecule has 0 amide bonds. The Labute approximate surface area is 198 Å². The molecule has 3 N–H and O–H groups in total. The quantitative estimate of drug-likeness (QED) is 0.407. The summed E-state index contributed by atoms with van der Waals surface area (Å²) >= 11 is 6.27. The van der Waals surface area contributed by atoms with Gasteiger partial charge in [0.05, 0.1) is 11.3 Å². The van der Waals surface area contributed by atoms with Gasteiger partial charge < -0.3 is 11.1 Å². The van der Waals surface area contributed by atoms with Gasteiger partial charge in [-0.05, 0) is 42.7 Å². The van der Waals surface area contributed by atoms with Crippen molar-refractivity contribution in [3.05, 3.63) is 99.6 Å². The summed E-state index contributed by atoms with van der Waals surface area (Å²) in [6.45, 7) is 2.54. The van der Waals surface area contributed by atoms with Crippen LogP contribution in [0.1, 0.15) is 23.6 Å². The predicted molar refractivity (Wildman–Crippen MR) is 134 cm³/mol. The molecule has 2 heterocycles. The van der Waals surface area contributed by atoms with Gasteiger partial charge >= 0.3 is 0 Å². The molecule has 1 atom stereocenters. The van der Waals surface area contributed by atoms with E-state index in [1.54, 1.807) is 24.0 Å². The molecule has 33 heavy (non-hydrogen) atoms. The summed E-state index contributed by atoms with van der Waals surface area (Å²) in [5, 5.41) is 3.94. The van der Waals surface area contributed by atoms with Gasteiger partial charge in [0.15, 0.2) is 0 Å². The van der Waals surface area contributed by atoms with E-state index in [1.807, 2.05) is 67.6 Å².